The SMILES string of the molecule is CCCN(C)Cc1ccc(CNC(C)(C)C)cc1. The Morgan fingerprint density at radius 2 is 1.61 bits per heavy atom. The molecule has 0 saturated carbocycles. The van der Waals surface area contributed by atoms with Crippen molar-refractivity contribution in [2.45, 2.75) is 52.7 Å². The van der Waals surface area contributed by atoms with Crippen LogP contribution in [0.2, 0.25) is 0 Å². The molecule has 0 amide bonds. The largest absolute Gasteiger partial charge is 0.308 e. The maximum Gasteiger partial charge on any atom is 0.0230 e. The van der Waals surface area contributed by atoms with Gasteiger partial charge in [-0.3, -0.25) is 0 Å². The van der Waals surface area contributed by atoms with E-state index in [0.717, 1.165) is 19.6 Å². The van der Waals surface area contributed by atoms with Gasteiger partial charge in [0.2, 0.25) is 0 Å². The third kappa shape index (κ3) is 6.18. The fourth-order valence-corrected chi connectivity index (χ4v) is 1.90. The van der Waals surface area contributed by atoms with E-state index in [1.165, 1.54) is 17.5 Å². The highest BCUT2D eigenvalue weighted by molar-refractivity contribution is 5.22. The number of hydrogen-bond donors (Lipinski definition) is 1. The summed E-state index contributed by atoms with van der Waals surface area (Å²) in [7, 11) is 2.18. The van der Waals surface area contributed by atoms with E-state index in [1.54, 1.807) is 0 Å². The lowest BCUT2D eigenvalue weighted by atomic mass is 10.1. The van der Waals surface area contributed by atoms with Crippen molar-refractivity contribution in [3.63, 3.8) is 0 Å². The molecule has 0 aliphatic carbocycles. The number of nitrogens with one attached hydrogen (secondary N) is 1. The topological polar surface area (TPSA) is 15.3 Å². The van der Waals surface area contributed by atoms with Crippen molar-refractivity contribution in [3.05, 3.63) is 35.4 Å². The van der Waals surface area contributed by atoms with Crippen LogP contribution in [0.15, 0.2) is 24.3 Å². The van der Waals surface area contributed by atoms with Crippen LogP contribution >= 0.6 is 0 Å². The molecule has 18 heavy (non-hydrogen) atoms. The number of rotatable bonds is 6. The van der Waals surface area contributed by atoms with E-state index in [2.05, 4.69) is 69.2 Å². The number of nitrogens with zero attached hydrogens (tertiary/aromatic N) is 1. The van der Waals surface area contributed by atoms with Crippen molar-refractivity contribution in [3.8, 4) is 0 Å². The van der Waals surface area contributed by atoms with Gasteiger partial charge in [-0.05, 0) is 51.9 Å². The zero-order valence-corrected chi connectivity index (χ0v) is 12.6. The first-order chi connectivity index (χ1) is 8.40. The average molecular weight is 248 g/mol. The lowest BCUT2D eigenvalue weighted by Crippen LogP contribution is -2.35. The minimum atomic E-state index is 0.181. The summed E-state index contributed by atoms with van der Waals surface area (Å²) in [6.07, 6.45) is 1.21. The first-order valence-electron chi connectivity index (χ1n) is 6.92. The fourth-order valence-electron chi connectivity index (χ4n) is 1.90. The standard InChI is InChI=1S/C16H28N2/c1-6-11-18(5)13-15-9-7-14(8-10-15)12-17-16(2,3)4/h7-10,17H,6,11-13H2,1-5H3. The van der Waals surface area contributed by atoms with Gasteiger partial charge in [0.25, 0.3) is 0 Å². The molecule has 0 aromatic heterocycles. The molecule has 0 heterocycles. The number of hydrogen-bond acceptors (Lipinski definition) is 2. The van der Waals surface area contributed by atoms with Crippen LogP contribution in [-0.2, 0) is 13.1 Å². The molecule has 0 atom stereocenters. The zero-order valence-electron chi connectivity index (χ0n) is 12.6. The molecule has 0 bridgehead atoms. The van der Waals surface area contributed by atoms with Crippen molar-refractivity contribution < 1.29 is 0 Å². The summed E-state index contributed by atoms with van der Waals surface area (Å²) < 4.78 is 0. The Balaban J connectivity index is 2.47. The minimum Gasteiger partial charge on any atom is -0.308 e. The van der Waals surface area contributed by atoms with Crippen molar-refractivity contribution in [2.75, 3.05) is 13.6 Å². The third-order valence-corrected chi connectivity index (χ3v) is 2.90. The lowest BCUT2D eigenvalue weighted by Gasteiger charge is -2.21. The summed E-state index contributed by atoms with van der Waals surface area (Å²) in [5, 5.41) is 3.51. The van der Waals surface area contributed by atoms with Crippen LogP contribution in [0.25, 0.3) is 0 Å². The molecular formula is C16H28N2. The molecule has 2 nitrogen and oxygen atoms in total. The summed E-state index contributed by atoms with van der Waals surface area (Å²) in [5.41, 5.74) is 2.93. The van der Waals surface area contributed by atoms with E-state index >= 15 is 0 Å². The van der Waals surface area contributed by atoms with Crippen molar-refractivity contribution in [1.29, 1.82) is 0 Å². The highest BCUT2D eigenvalue weighted by atomic mass is 15.1. The normalized spacial score (nSPS) is 12.1. The summed E-state index contributed by atoms with van der Waals surface area (Å²) in [5.74, 6) is 0. The summed E-state index contributed by atoms with van der Waals surface area (Å²) in [6.45, 7) is 11.9. The predicted octanol–water partition coefficient (Wildman–Crippen LogP) is 3.42. The van der Waals surface area contributed by atoms with Gasteiger partial charge < -0.3 is 10.2 Å². The summed E-state index contributed by atoms with van der Waals surface area (Å²) in [6, 6.07) is 8.94. The van der Waals surface area contributed by atoms with E-state index < -0.39 is 0 Å². The second-order valence-corrected chi connectivity index (χ2v) is 6.16. The summed E-state index contributed by atoms with van der Waals surface area (Å²) >= 11 is 0. The Kier molecular flexibility index (Phi) is 5.83. The molecule has 1 aromatic rings. The van der Waals surface area contributed by atoms with E-state index in [4.69, 9.17) is 0 Å². The highest BCUT2D eigenvalue weighted by Gasteiger charge is 2.08. The Labute approximate surface area is 112 Å². The van der Waals surface area contributed by atoms with Gasteiger partial charge in [-0.2, -0.15) is 0 Å². The molecule has 102 valence electrons. The van der Waals surface area contributed by atoms with Gasteiger partial charge in [-0.15, -0.1) is 0 Å². The molecule has 2 heteroatoms. The molecular weight excluding hydrogens is 220 g/mol. The van der Waals surface area contributed by atoms with E-state index in [-0.39, 0.29) is 5.54 Å². The molecule has 0 aliphatic heterocycles. The Bertz CT molecular complexity index is 335. The van der Waals surface area contributed by atoms with E-state index in [1.807, 2.05) is 0 Å². The van der Waals surface area contributed by atoms with Crippen LogP contribution in [0.3, 0.4) is 0 Å². The maximum atomic E-state index is 3.51. The Morgan fingerprint density at radius 1 is 1.06 bits per heavy atom. The second kappa shape index (κ2) is 6.91. The number of benzene rings is 1. The van der Waals surface area contributed by atoms with Crippen LogP contribution in [0.1, 0.15) is 45.2 Å². The molecule has 1 rings (SSSR count). The van der Waals surface area contributed by atoms with Crippen molar-refractivity contribution in [1.82, 2.24) is 10.2 Å². The van der Waals surface area contributed by atoms with Gasteiger partial charge in [-0.25, -0.2) is 0 Å². The van der Waals surface area contributed by atoms with Crippen LogP contribution in [-0.4, -0.2) is 24.0 Å². The molecule has 0 radical (unpaired) electrons. The molecule has 1 aromatic carbocycles. The maximum absolute atomic E-state index is 3.51. The van der Waals surface area contributed by atoms with Crippen LogP contribution in [0.4, 0.5) is 0 Å². The molecule has 0 unspecified atom stereocenters. The molecule has 1 N–H and O–H groups in total. The van der Waals surface area contributed by atoms with Crippen LogP contribution < -0.4 is 5.32 Å². The smallest absolute Gasteiger partial charge is 0.0230 e. The van der Waals surface area contributed by atoms with E-state index in [0.29, 0.717) is 0 Å². The zero-order chi connectivity index (χ0) is 13.6. The average Bonchev–Trinajstić information content (AvgIpc) is 2.27. The van der Waals surface area contributed by atoms with Gasteiger partial charge in [0.15, 0.2) is 0 Å². The third-order valence-electron chi connectivity index (χ3n) is 2.90. The van der Waals surface area contributed by atoms with E-state index in [9.17, 15) is 0 Å². The van der Waals surface area contributed by atoms with Gasteiger partial charge in [0.1, 0.15) is 0 Å². The Morgan fingerprint density at radius 3 is 2.11 bits per heavy atom. The predicted molar refractivity (Wildman–Crippen MR) is 79.7 cm³/mol. The monoisotopic (exact) mass is 248 g/mol. The molecule has 0 saturated heterocycles. The van der Waals surface area contributed by atoms with Gasteiger partial charge in [-0.1, -0.05) is 31.2 Å². The summed E-state index contributed by atoms with van der Waals surface area (Å²) in [4.78, 5) is 2.36. The van der Waals surface area contributed by atoms with Crippen LogP contribution in [0.5, 0.6) is 0 Å². The first kappa shape index (κ1) is 15.2. The molecule has 0 spiro atoms. The second-order valence-electron chi connectivity index (χ2n) is 6.16. The van der Waals surface area contributed by atoms with Crippen LogP contribution in [0, 0.1) is 0 Å². The molecule has 0 aliphatic rings. The minimum absolute atomic E-state index is 0.181. The highest BCUT2D eigenvalue weighted by Crippen LogP contribution is 2.08. The molecule has 0 fully saturated rings. The fraction of sp³-hybridized carbons (Fsp3) is 0.625. The lowest BCUT2D eigenvalue weighted by molar-refractivity contribution is 0.327. The Hall–Kier alpha value is -0.860. The quantitative estimate of drug-likeness (QED) is 0.830. The van der Waals surface area contributed by atoms with Crippen molar-refractivity contribution in [2.24, 2.45) is 0 Å². The first-order valence-corrected chi connectivity index (χ1v) is 6.92. The van der Waals surface area contributed by atoms with Crippen molar-refractivity contribution >= 4 is 0 Å². The van der Waals surface area contributed by atoms with Gasteiger partial charge in [0, 0.05) is 18.6 Å². The van der Waals surface area contributed by atoms with Gasteiger partial charge in [0.05, 0.1) is 0 Å². The van der Waals surface area contributed by atoms with Gasteiger partial charge >= 0.3 is 0 Å².